The van der Waals surface area contributed by atoms with Crippen molar-refractivity contribution in [2.45, 2.75) is 18.4 Å². The summed E-state index contributed by atoms with van der Waals surface area (Å²) < 4.78 is 45.6. The Balaban J connectivity index is 1.83. The Morgan fingerprint density at radius 1 is 1.25 bits per heavy atom. The number of sulfonamides is 1. The topological polar surface area (TPSA) is 123 Å². The number of benzene rings is 2. The summed E-state index contributed by atoms with van der Waals surface area (Å²) in [4.78, 5) is 8.01. The van der Waals surface area contributed by atoms with Crippen molar-refractivity contribution in [2.24, 2.45) is 7.05 Å². The third-order valence-corrected chi connectivity index (χ3v) is 6.92. The standard InChI is InChI=1S/C21H19ClFN5O3S/c1-11-12(9-29)6-13(22)7-17(11)32(30,31)27-16-5-3-4-14(19(16)23)15-8-28(2)21-18(15)20(24)25-10-26-21/h3-8,10,27,29H,9H2,1-2H3,(H2,24,25,26). The second-order valence-corrected chi connectivity index (χ2v) is 9.32. The molecule has 32 heavy (non-hydrogen) atoms. The summed E-state index contributed by atoms with van der Waals surface area (Å²) in [5.41, 5.74) is 7.51. The van der Waals surface area contributed by atoms with E-state index < -0.39 is 15.8 Å². The van der Waals surface area contributed by atoms with Gasteiger partial charge in [0.2, 0.25) is 0 Å². The van der Waals surface area contributed by atoms with Crippen LogP contribution in [0.2, 0.25) is 5.02 Å². The summed E-state index contributed by atoms with van der Waals surface area (Å²) in [5.74, 6) is -0.601. The Kier molecular flexibility index (Phi) is 5.53. The zero-order chi connectivity index (χ0) is 23.2. The molecule has 2 aromatic carbocycles. The highest BCUT2D eigenvalue weighted by Gasteiger charge is 2.23. The van der Waals surface area contributed by atoms with Gasteiger partial charge in [0.15, 0.2) is 5.82 Å². The van der Waals surface area contributed by atoms with Gasteiger partial charge in [-0.1, -0.05) is 23.7 Å². The van der Waals surface area contributed by atoms with E-state index in [1.54, 1.807) is 24.7 Å². The lowest BCUT2D eigenvalue weighted by Gasteiger charge is -2.15. The fourth-order valence-electron chi connectivity index (χ4n) is 3.61. The second-order valence-electron chi connectivity index (χ2n) is 7.23. The fraction of sp³-hybridized carbons (Fsp3) is 0.143. The van der Waals surface area contributed by atoms with E-state index in [2.05, 4.69) is 14.7 Å². The maximum atomic E-state index is 15.5. The van der Waals surface area contributed by atoms with Gasteiger partial charge in [-0.15, -0.1) is 0 Å². The van der Waals surface area contributed by atoms with E-state index in [9.17, 15) is 13.5 Å². The molecular formula is C21H19ClFN5O3S. The Morgan fingerprint density at radius 3 is 2.72 bits per heavy atom. The quantitative estimate of drug-likeness (QED) is 0.405. The maximum absolute atomic E-state index is 15.5. The van der Waals surface area contributed by atoms with Gasteiger partial charge in [-0.2, -0.15) is 0 Å². The van der Waals surface area contributed by atoms with Gasteiger partial charge in [0.25, 0.3) is 10.0 Å². The third kappa shape index (κ3) is 3.66. The Morgan fingerprint density at radius 2 is 2.00 bits per heavy atom. The number of nitrogens with two attached hydrogens (primary N) is 1. The smallest absolute Gasteiger partial charge is 0.262 e. The van der Waals surface area contributed by atoms with Crippen LogP contribution in [0.5, 0.6) is 0 Å². The third-order valence-electron chi connectivity index (χ3n) is 5.21. The first kappa shape index (κ1) is 22.0. The SMILES string of the molecule is Cc1c(CO)cc(Cl)cc1S(=O)(=O)Nc1cccc(-c2cn(C)c3ncnc(N)c23)c1F. The number of nitrogens with one attached hydrogen (secondary N) is 1. The molecule has 166 valence electrons. The molecule has 11 heteroatoms. The molecule has 0 fully saturated rings. The summed E-state index contributed by atoms with van der Waals surface area (Å²) >= 11 is 6.02. The molecule has 0 bridgehead atoms. The van der Waals surface area contributed by atoms with Gasteiger partial charge in [-0.25, -0.2) is 22.8 Å². The van der Waals surface area contributed by atoms with Crippen molar-refractivity contribution >= 4 is 44.2 Å². The molecule has 0 spiro atoms. The monoisotopic (exact) mass is 475 g/mol. The highest BCUT2D eigenvalue weighted by atomic mass is 35.5. The van der Waals surface area contributed by atoms with Crippen molar-refractivity contribution < 1.29 is 17.9 Å². The van der Waals surface area contributed by atoms with Gasteiger partial charge >= 0.3 is 0 Å². The summed E-state index contributed by atoms with van der Waals surface area (Å²) in [6, 6.07) is 7.09. The number of rotatable bonds is 5. The average Bonchev–Trinajstić information content (AvgIpc) is 3.08. The molecule has 2 aromatic heterocycles. The first-order valence-electron chi connectivity index (χ1n) is 9.41. The summed E-state index contributed by atoms with van der Waals surface area (Å²) in [6.45, 7) is 1.16. The van der Waals surface area contributed by atoms with Crippen LogP contribution in [0.3, 0.4) is 0 Å². The zero-order valence-electron chi connectivity index (χ0n) is 17.1. The first-order valence-corrected chi connectivity index (χ1v) is 11.3. The van der Waals surface area contributed by atoms with Crippen molar-refractivity contribution in [3.8, 4) is 11.1 Å². The van der Waals surface area contributed by atoms with Gasteiger partial charge < -0.3 is 15.4 Å². The zero-order valence-corrected chi connectivity index (χ0v) is 18.7. The van der Waals surface area contributed by atoms with Crippen LogP contribution in [0, 0.1) is 12.7 Å². The summed E-state index contributed by atoms with van der Waals surface area (Å²) in [5, 5.41) is 10.1. The van der Waals surface area contributed by atoms with Gasteiger partial charge in [0, 0.05) is 29.4 Å². The van der Waals surface area contributed by atoms with E-state index in [0.29, 0.717) is 27.7 Å². The van der Waals surface area contributed by atoms with Crippen molar-refractivity contribution in [3.05, 3.63) is 64.8 Å². The van der Waals surface area contributed by atoms with E-state index in [-0.39, 0.29) is 33.6 Å². The molecule has 0 unspecified atom stereocenters. The number of fused-ring (bicyclic) bond motifs is 1. The number of hydrogen-bond acceptors (Lipinski definition) is 6. The van der Waals surface area contributed by atoms with Crippen LogP contribution in [0.1, 0.15) is 11.1 Å². The Hall–Kier alpha value is -3.21. The number of aliphatic hydroxyl groups is 1. The van der Waals surface area contributed by atoms with Crippen molar-refractivity contribution in [1.29, 1.82) is 0 Å². The number of nitrogens with zero attached hydrogens (tertiary/aromatic N) is 3. The van der Waals surface area contributed by atoms with Crippen LogP contribution in [-0.2, 0) is 23.7 Å². The van der Waals surface area contributed by atoms with Crippen LogP contribution >= 0.6 is 11.6 Å². The minimum atomic E-state index is -4.21. The number of hydrogen-bond donors (Lipinski definition) is 3. The fourth-order valence-corrected chi connectivity index (χ4v) is 5.29. The van der Waals surface area contributed by atoms with Crippen LogP contribution < -0.4 is 10.5 Å². The number of aliphatic hydroxyl groups excluding tert-OH is 1. The lowest BCUT2D eigenvalue weighted by Crippen LogP contribution is -2.16. The molecule has 0 amide bonds. The highest BCUT2D eigenvalue weighted by Crippen LogP contribution is 2.36. The van der Waals surface area contributed by atoms with Crippen LogP contribution in [0.4, 0.5) is 15.9 Å². The molecule has 4 N–H and O–H groups in total. The summed E-state index contributed by atoms with van der Waals surface area (Å²) in [6.07, 6.45) is 2.97. The molecule has 0 radical (unpaired) electrons. The number of halogens is 2. The molecule has 2 heterocycles. The second kappa shape index (κ2) is 8.05. The van der Waals surface area contributed by atoms with Crippen molar-refractivity contribution in [1.82, 2.24) is 14.5 Å². The van der Waals surface area contributed by atoms with Crippen molar-refractivity contribution in [3.63, 3.8) is 0 Å². The van der Waals surface area contributed by atoms with E-state index >= 15 is 4.39 Å². The molecule has 0 saturated heterocycles. The van der Waals surface area contributed by atoms with Gasteiger partial charge in [-0.3, -0.25) is 4.72 Å². The minimum Gasteiger partial charge on any atom is -0.392 e. The number of nitrogen functional groups attached to an aromatic ring is 1. The average molecular weight is 476 g/mol. The van der Waals surface area contributed by atoms with Crippen LogP contribution in [0.15, 0.2) is 47.8 Å². The number of aromatic nitrogens is 3. The molecular weight excluding hydrogens is 457 g/mol. The predicted molar refractivity (Wildman–Crippen MR) is 121 cm³/mol. The minimum absolute atomic E-state index is 0.135. The Labute approximate surface area is 188 Å². The van der Waals surface area contributed by atoms with E-state index in [0.717, 1.165) is 0 Å². The lowest BCUT2D eigenvalue weighted by molar-refractivity contribution is 0.280. The van der Waals surface area contributed by atoms with Crippen LogP contribution in [-0.4, -0.2) is 28.1 Å². The predicted octanol–water partition coefficient (Wildman–Crippen LogP) is 3.61. The van der Waals surface area contributed by atoms with Gasteiger partial charge in [0.1, 0.15) is 17.8 Å². The maximum Gasteiger partial charge on any atom is 0.262 e. The van der Waals surface area contributed by atoms with E-state index in [4.69, 9.17) is 17.3 Å². The molecule has 0 aliphatic carbocycles. The lowest BCUT2D eigenvalue weighted by atomic mass is 10.0. The molecule has 0 saturated carbocycles. The number of anilines is 2. The molecule has 0 atom stereocenters. The van der Waals surface area contributed by atoms with Gasteiger partial charge in [0.05, 0.1) is 22.6 Å². The molecule has 4 aromatic rings. The van der Waals surface area contributed by atoms with Gasteiger partial charge in [-0.05, 0) is 36.2 Å². The highest BCUT2D eigenvalue weighted by molar-refractivity contribution is 7.92. The molecule has 0 aliphatic heterocycles. The van der Waals surface area contributed by atoms with Crippen LogP contribution in [0.25, 0.3) is 22.2 Å². The Bertz CT molecular complexity index is 1470. The molecule has 0 aliphatic rings. The van der Waals surface area contributed by atoms with Crippen molar-refractivity contribution in [2.75, 3.05) is 10.5 Å². The first-order chi connectivity index (χ1) is 15.1. The summed E-state index contributed by atoms with van der Waals surface area (Å²) in [7, 11) is -2.47. The van der Waals surface area contributed by atoms with E-state index in [1.165, 1.54) is 36.7 Å². The normalized spacial score (nSPS) is 11.8. The molecule has 8 nitrogen and oxygen atoms in total. The molecule has 4 rings (SSSR count). The largest absolute Gasteiger partial charge is 0.392 e. The number of aryl methyl sites for hydroxylation is 1. The van der Waals surface area contributed by atoms with E-state index in [1.807, 2.05) is 0 Å².